The first-order valence-corrected chi connectivity index (χ1v) is 23.5. The molecule has 2 aliphatic carbocycles. The highest BCUT2D eigenvalue weighted by molar-refractivity contribution is 6.20. The molecule has 0 aromatic heterocycles. The van der Waals surface area contributed by atoms with E-state index < -0.39 is 0 Å². The van der Waals surface area contributed by atoms with Crippen molar-refractivity contribution < 1.29 is 4.74 Å². The number of hydrogen-bond acceptors (Lipinski definition) is 3. The van der Waals surface area contributed by atoms with Gasteiger partial charge in [0.15, 0.2) is 0 Å². The molecule has 0 fully saturated rings. The Morgan fingerprint density at radius 2 is 0.582 bits per heavy atom. The van der Waals surface area contributed by atoms with Crippen molar-refractivity contribution in [3.05, 3.63) is 217 Å². The molecule has 2 aliphatic rings. The molecule has 3 nitrogen and oxygen atoms in total. The first kappa shape index (κ1) is 40.6. The van der Waals surface area contributed by atoms with Gasteiger partial charge in [0.2, 0.25) is 0 Å². The van der Waals surface area contributed by atoms with E-state index in [-0.39, 0.29) is 10.8 Å². The van der Waals surface area contributed by atoms with E-state index in [2.05, 4.69) is 258 Å². The Kier molecular flexibility index (Phi) is 9.31. The van der Waals surface area contributed by atoms with Crippen LogP contribution in [0.1, 0.15) is 52.7 Å². The average molecular weight is 865 g/mol. The lowest BCUT2D eigenvalue weighted by Gasteiger charge is -2.29. The molecule has 0 aliphatic heterocycles. The third-order valence-electron chi connectivity index (χ3n) is 13.9. The SMILES string of the molecule is CC(C)(C)c1ccc(N(c2ccc(Oc3ccc(N(c4ccc(C(C)(C)C)cc4)c4ccc5c6c(cccc46)-c4ccccc4-5)cc3)cc2)c2ccc3c4c(cccc24)-c2ccccc2-3)cc1. The minimum Gasteiger partial charge on any atom is -0.457 e. The molecule has 3 heteroatoms. The predicted octanol–water partition coefficient (Wildman–Crippen LogP) is 18.6. The molecule has 67 heavy (non-hydrogen) atoms. The van der Waals surface area contributed by atoms with Gasteiger partial charge in [-0.1, -0.05) is 163 Å². The van der Waals surface area contributed by atoms with Crippen molar-refractivity contribution in [3.63, 3.8) is 0 Å². The molecule has 324 valence electrons. The van der Waals surface area contributed by atoms with Crippen molar-refractivity contribution in [3.8, 4) is 56.0 Å². The van der Waals surface area contributed by atoms with Gasteiger partial charge in [0, 0.05) is 33.5 Å². The maximum Gasteiger partial charge on any atom is 0.127 e. The van der Waals surface area contributed by atoms with Crippen LogP contribution in [0.2, 0.25) is 0 Å². The summed E-state index contributed by atoms with van der Waals surface area (Å²) in [7, 11) is 0. The van der Waals surface area contributed by atoms with E-state index in [1.165, 1.54) is 77.2 Å². The molecule has 0 heterocycles. The summed E-state index contributed by atoms with van der Waals surface area (Å²) in [6.45, 7) is 13.6. The van der Waals surface area contributed by atoms with Crippen LogP contribution >= 0.6 is 0 Å². The summed E-state index contributed by atoms with van der Waals surface area (Å²) in [6, 6.07) is 75.4. The van der Waals surface area contributed by atoms with E-state index in [0.717, 1.165) is 45.6 Å². The van der Waals surface area contributed by atoms with E-state index in [1.807, 2.05) is 0 Å². The fourth-order valence-electron chi connectivity index (χ4n) is 10.5. The van der Waals surface area contributed by atoms with Crippen LogP contribution in [0, 0.1) is 0 Å². The minimum atomic E-state index is 0.0496. The molecule has 0 saturated carbocycles. The van der Waals surface area contributed by atoms with Crippen LogP contribution < -0.4 is 14.5 Å². The van der Waals surface area contributed by atoms with E-state index in [1.54, 1.807) is 0 Å². The van der Waals surface area contributed by atoms with Gasteiger partial charge in [-0.3, -0.25) is 0 Å². The third-order valence-corrected chi connectivity index (χ3v) is 13.9. The molecule has 0 amide bonds. The second-order valence-electron chi connectivity index (χ2n) is 20.2. The molecule has 10 aromatic rings. The third kappa shape index (κ3) is 6.80. The monoisotopic (exact) mass is 864 g/mol. The number of benzene rings is 10. The van der Waals surface area contributed by atoms with Crippen LogP contribution in [0.5, 0.6) is 11.5 Å². The van der Waals surface area contributed by atoms with E-state index >= 15 is 0 Å². The second kappa shape index (κ2) is 15.4. The zero-order valence-electron chi connectivity index (χ0n) is 38.9. The highest BCUT2D eigenvalue weighted by Gasteiger charge is 2.27. The van der Waals surface area contributed by atoms with Gasteiger partial charge in [0.1, 0.15) is 11.5 Å². The number of anilines is 6. The fourth-order valence-corrected chi connectivity index (χ4v) is 10.5. The van der Waals surface area contributed by atoms with Crippen LogP contribution in [0.3, 0.4) is 0 Å². The van der Waals surface area contributed by atoms with Crippen LogP contribution in [0.25, 0.3) is 66.1 Å². The number of hydrogen-bond donors (Lipinski definition) is 0. The Balaban J connectivity index is 0.892. The Morgan fingerprint density at radius 3 is 0.910 bits per heavy atom. The number of rotatable bonds is 8. The summed E-state index contributed by atoms with van der Waals surface area (Å²) < 4.78 is 6.63. The van der Waals surface area contributed by atoms with Gasteiger partial charge in [-0.25, -0.2) is 0 Å². The van der Waals surface area contributed by atoms with Gasteiger partial charge in [-0.05, 0) is 162 Å². The molecule has 0 atom stereocenters. The Hall–Kier alpha value is -7.88. The van der Waals surface area contributed by atoms with Gasteiger partial charge < -0.3 is 14.5 Å². The van der Waals surface area contributed by atoms with Crippen LogP contribution in [0.15, 0.2) is 206 Å². The zero-order valence-corrected chi connectivity index (χ0v) is 38.9. The summed E-state index contributed by atoms with van der Waals surface area (Å²) in [5, 5.41) is 5.07. The summed E-state index contributed by atoms with van der Waals surface area (Å²) in [6.07, 6.45) is 0. The fraction of sp³-hybridized carbons (Fsp3) is 0.125. The van der Waals surface area contributed by atoms with Crippen molar-refractivity contribution >= 4 is 55.7 Å². The smallest absolute Gasteiger partial charge is 0.127 e. The van der Waals surface area contributed by atoms with Crippen molar-refractivity contribution in [1.82, 2.24) is 0 Å². The Bertz CT molecular complexity index is 3240. The van der Waals surface area contributed by atoms with Crippen molar-refractivity contribution in [2.45, 2.75) is 52.4 Å². The second-order valence-corrected chi connectivity index (χ2v) is 20.2. The largest absolute Gasteiger partial charge is 0.457 e. The molecular weight excluding hydrogens is 813 g/mol. The lowest BCUT2D eigenvalue weighted by atomic mass is 9.87. The molecule has 0 saturated heterocycles. The quantitative estimate of drug-likeness (QED) is 0.151. The van der Waals surface area contributed by atoms with E-state index in [0.29, 0.717) is 0 Å². The summed E-state index contributed by atoms with van der Waals surface area (Å²) in [5.41, 5.74) is 19.7. The van der Waals surface area contributed by atoms with Gasteiger partial charge >= 0.3 is 0 Å². The summed E-state index contributed by atoms with van der Waals surface area (Å²) >= 11 is 0. The highest BCUT2D eigenvalue weighted by Crippen LogP contribution is 2.53. The minimum absolute atomic E-state index is 0.0496. The maximum absolute atomic E-state index is 6.63. The van der Waals surface area contributed by atoms with Crippen molar-refractivity contribution in [2.75, 3.05) is 9.80 Å². The molecule has 0 N–H and O–H groups in total. The van der Waals surface area contributed by atoms with Crippen molar-refractivity contribution in [1.29, 1.82) is 0 Å². The summed E-state index contributed by atoms with van der Waals surface area (Å²) in [5.74, 6) is 1.55. The molecular formula is C64H52N2O. The van der Waals surface area contributed by atoms with Gasteiger partial charge in [0.05, 0.1) is 11.4 Å². The standard InChI is InChI=1S/C64H52N2O/c1-63(2,3)41-21-25-43(26-22-41)65(59-39-37-55-51-15-9-7-13-49(51)53-17-11-19-57(59)61(53)55)45-29-33-47(34-30-45)67-48-35-31-46(32-36-48)66(44-27-23-42(24-28-44)64(4,5)6)60-40-38-56-52-16-10-8-14-50(52)54-18-12-20-58(60)62(54)56/h7-40H,1-6H3. The van der Waals surface area contributed by atoms with Crippen LogP contribution in [-0.2, 0) is 10.8 Å². The Labute approximate surface area is 394 Å². The zero-order chi connectivity index (χ0) is 45.6. The van der Waals surface area contributed by atoms with Crippen LogP contribution in [-0.4, -0.2) is 0 Å². The lowest BCUT2D eigenvalue weighted by molar-refractivity contribution is 0.483. The summed E-state index contributed by atoms with van der Waals surface area (Å²) in [4.78, 5) is 4.77. The topological polar surface area (TPSA) is 15.7 Å². The lowest BCUT2D eigenvalue weighted by Crippen LogP contribution is -2.13. The predicted molar refractivity (Wildman–Crippen MR) is 284 cm³/mol. The van der Waals surface area contributed by atoms with Crippen LogP contribution in [0.4, 0.5) is 34.1 Å². The van der Waals surface area contributed by atoms with Gasteiger partial charge in [0.25, 0.3) is 0 Å². The number of fused-ring (bicyclic) bond motifs is 6. The normalized spacial score (nSPS) is 12.3. The molecule has 10 aromatic carbocycles. The molecule has 0 spiro atoms. The van der Waals surface area contributed by atoms with Crippen molar-refractivity contribution in [2.24, 2.45) is 0 Å². The van der Waals surface area contributed by atoms with Gasteiger partial charge in [-0.15, -0.1) is 0 Å². The van der Waals surface area contributed by atoms with E-state index in [9.17, 15) is 0 Å². The Morgan fingerprint density at radius 1 is 0.284 bits per heavy atom. The van der Waals surface area contributed by atoms with E-state index in [4.69, 9.17) is 4.74 Å². The number of nitrogens with zero attached hydrogens (tertiary/aromatic N) is 2. The highest BCUT2D eigenvalue weighted by atomic mass is 16.5. The molecule has 0 unspecified atom stereocenters. The average Bonchev–Trinajstić information content (AvgIpc) is 3.85. The first-order valence-electron chi connectivity index (χ1n) is 23.5. The maximum atomic E-state index is 6.63. The first-order chi connectivity index (χ1) is 32.5. The molecule has 12 rings (SSSR count). The molecule has 0 radical (unpaired) electrons. The number of ether oxygens (including phenoxy) is 1. The molecule has 0 bridgehead atoms. The van der Waals surface area contributed by atoms with Gasteiger partial charge in [-0.2, -0.15) is 0 Å².